The van der Waals surface area contributed by atoms with Crippen molar-refractivity contribution in [2.75, 3.05) is 0 Å². The van der Waals surface area contributed by atoms with Gasteiger partial charge in [0.25, 0.3) is 0 Å². The van der Waals surface area contributed by atoms with E-state index in [9.17, 15) is 4.79 Å². The van der Waals surface area contributed by atoms with Crippen LogP contribution in [0.4, 0.5) is 0 Å². The van der Waals surface area contributed by atoms with E-state index in [0.29, 0.717) is 11.1 Å². The molecular formula is C14H17ClN2O. The Hall–Kier alpha value is -1.22. The molecule has 0 N–H and O–H groups in total. The number of aryl methyl sites for hydroxylation is 1. The molecule has 0 amide bonds. The number of hydrogen-bond acceptors (Lipinski definition) is 1. The molecule has 0 unspecified atom stereocenters. The summed E-state index contributed by atoms with van der Waals surface area (Å²) in [7, 11) is 1.83. The fourth-order valence-electron chi connectivity index (χ4n) is 3.03. The summed E-state index contributed by atoms with van der Waals surface area (Å²) in [5, 5.41) is 0.692. The first kappa shape index (κ1) is 11.8. The highest BCUT2D eigenvalue weighted by Crippen LogP contribution is 2.30. The Balaban J connectivity index is 2.23. The molecule has 0 spiro atoms. The number of fused-ring (bicyclic) bond motifs is 1. The van der Waals surface area contributed by atoms with Crippen LogP contribution in [0.2, 0.25) is 5.02 Å². The van der Waals surface area contributed by atoms with Crippen molar-refractivity contribution in [1.82, 2.24) is 9.13 Å². The number of imidazole rings is 1. The largest absolute Gasteiger partial charge is 0.329 e. The van der Waals surface area contributed by atoms with E-state index in [2.05, 4.69) is 0 Å². The van der Waals surface area contributed by atoms with Gasteiger partial charge in [-0.05, 0) is 31.0 Å². The molecule has 0 saturated heterocycles. The molecular weight excluding hydrogens is 248 g/mol. The van der Waals surface area contributed by atoms with E-state index in [0.717, 1.165) is 23.9 Å². The summed E-state index contributed by atoms with van der Waals surface area (Å²) in [6.45, 7) is 0. The van der Waals surface area contributed by atoms with Crippen molar-refractivity contribution in [2.24, 2.45) is 7.05 Å². The van der Waals surface area contributed by atoms with Crippen molar-refractivity contribution in [3.8, 4) is 0 Å². The molecule has 1 aromatic heterocycles. The summed E-state index contributed by atoms with van der Waals surface area (Å²) in [6.07, 6.45) is 5.93. The van der Waals surface area contributed by atoms with Gasteiger partial charge in [-0.1, -0.05) is 30.9 Å². The van der Waals surface area contributed by atoms with Crippen LogP contribution in [0.5, 0.6) is 0 Å². The van der Waals surface area contributed by atoms with E-state index in [4.69, 9.17) is 11.6 Å². The molecule has 0 atom stereocenters. The molecule has 1 heterocycles. The Morgan fingerprint density at radius 1 is 1.17 bits per heavy atom. The predicted octanol–water partition coefficient (Wildman–Crippen LogP) is 3.50. The fourth-order valence-corrected chi connectivity index (χ4v) is 3.20. The first-order valence-corrected chi connectivity index (χ1v) is 6.93. The van der Waals surface area contributed by atoms with Crippen LogP contribution < -0.4 is 5.69 Å². The van der Waals surface area contributed by atoms with E-state index in [-0.39, 0.29) is 5.69 Å². The lowest BCUT2D eigenvalue weighted by Crippen LogP contribution is -2.27. The lowest BCUT2D eigenvalue weighted by molar-refractivity contribution is 0.351. The Bertz CT molecular complexity index is 635. The van der Waals surface area contributed by atoms with Crippen LogP contribution in [0.1, 0.15) is 38.1 Å². The van der Waals surface area contributed by atoms with Crippen molar-refractivity contribution in [3.63, 3.8) is 0 Å². The quantitative estimate of drug-likeness (QED) is 0.774. The van der Waals surface area contributed by atoms with Gasteiger partial charge in [0.1, 0.15) is 0 Å². The van der Waals surface area contributed by atoms with Gasteiger partial charge in [-0.15, -0.1) is 0 Å². The molecule has 1 aliphatic carbocycles. The molecule has 3 rings (SSSR count). The first-order valence-electron chi connectivity index (χ1n) is 6.55. The highest BCUT2D eigenvalue weighted by atomic mass is 35.5. The summed E-state index contributed by atoms with van der Waals surface area (Å²) in [6, 6.07) is 6.02. The monoisotopic (exact) mass is 264 g/mol. The van der Waals surface area contributed by atoms with E-state index in [1.165, 1.54) is 19.3 Å². The lowest BCUT2D eigenvalue weighted by atomic mass is 9.95. The van der Waals surface area contributed by atoms with Gasteiger partial charge in [-0.3, -0.25) is 9.13 Å². The highest BCUT2D eigenvalue weighted by Gasteiger charge is 2.21. The summed E-state index contributed by atoms with van der Waals surface area (Å²) >= 11 is 6.07. The van der Waals surface area contributed by atoms with Gasteiger partial charge in [0.05, 0.1) is 11.0 Å². The van der Waals surface area contributed by atoms with E-state index >= 15 is 0 Å². The van der Waals surface area contributed by atoms with Gasteiger partial charge >= 0.3 is 5.69 Å². The Labute approximate surface area is 111 Å². The van der Waals surface area contributed by atoms with Crippen molar-refractivity contribution < 1.29 is 0 Å². The molecule has 1 aromatic carbocycles. The predicted molar refractivity (Wildman–Crippen MR) is 74.3 cm³/mol. The standard InChI is InChI=1S/C14H17ClN2O/c1-16-12-8-7-10(15)9-13(12)17(14(16)18)11-5-3-2-4-6-11/h7-9,11H,2-6H2,1H3. The van der Waals surface area contributed by atoms with Crippen LogP contribution in [0.15, 0.2) is 23.0 Å². The third-order valence-electron chi connectivity index (χ3n) is 3.99. The van der Waals surface area contributed by atoms with Gasteiger partial charge < -0.3 is 0 Å². The molecule has 1 saturated carbocycles. The second kappa shape index (κ2) is 4.47. The molecule has 0 aliphatic heterocycles. The second-order valence-corrected chi connectivity index (χ2v) is 5.57. The van der Waals surface area contributed by atoms with Gasteiger partial charge in [-0.2, -0.15) is 0 Å². The maximum Gasteiger partial charge on any atom is 0.329 e. The molecule has 1 fully saturated rings. The Morgan fingerprint density at radius 2 is 1.89 bits per heavy atom. The molecule has 96 valence electrons. The van der Waals surface area contributed by atoms with E-state index in [1.54, 1.807) is 4.57 Å². The number of rotatable bonds is 1. The maximum absolute atomic E-state index is 12.4. The molecule has 1 aliphatic rings. The molecule has 2 aromatic rings. The van der Waals surface area contributed by atoms with Crippen LogP contribution in [-0.4, -0.2) is 9.13 Å². The van der Waals surface area contributed by atoms with Crippen LogP contribution in [0.3, 0.4) is 0 Å². The lowest BCUT2D eigenvalue weighted by Gasteiger charge is -2.22. The number of benzene rings is 1. The summed E-state index contributed by atoms with van der Waals surface area (Å²) in [5.74, 6) is 0. The fraction of sp³-hybridized carbons (Fsp3) is 0.500. The van der Waals surface area contributed by atoms with Crippen molar-refractivity contribution >= 4 is 22.6 Å². The van der Waals surface area contributed by atoms with E-state index < -0.39 is 0 Å². The molecule has 18 heavy (non-hydrogen) atoms. The topological polar surface area (TPSA) is 26.9 Å². The summed E-state index contributed by atoms with van der Waals surface area (Å²) in [5.41, 5.74) is 2.02. The van der Waals surface area contributed by atoms with Gasteiger partial charge in [0.15, 0.2) is 0 Å². The molecule has 0 bridgehead atoms. The summed E-state index contributed by atoms with van der Waals surface area (Å²) < 4.78 is 3.67. The molecule has 0 radical (unpaired) electrons. The zero-order valence-corrected chi connectivity index (χ0v) is 11.3. The Kier molecular flexibility index (Phi) is 2.94. The zero-order valence-electron chi connectivity index (χ0n) is 10.5. The third-order valence-corrected chi connectivity index (χ3v) is 4.23. The molecule has 4 heteroatoms. The smallest absolute Gasteiger partial charge is 0.295 e. The van der Waals surface area contributed by atoms with Crippen LogP contribution >= 0.6 is 11.6 Å². The number of nitrogens with zero attached hydrogens (tertiary/aromatic N) is 2. The SMILES string of the molecule is Cn1c(=O)n(C2CCCCC2)c2cc(Cl)ccc21. The zero-order chi connectivity index (χ0) is 12.7. The minimum absolute atomic E-state index is 0.0826. The molecule has 3 nitrogen and oxygen atoms in total. The average Bonchev–Trinajstić information content (AvgIpc) is 2.63. The minimum Gasteiger partial charge on any atom is -0.295 e. The van der Waals surface area contributed by atoms with Crippen LogP contribution in [0.25, 0.3) is 11.0 Å². The highest BCUT2D eigenvalue weighted by molar-refractivity contribution is 6.31. The van der Waals surface area contributed by atoms with Crippen LogP contribution in [-0.2, 0) is 7.05 Å². The van der Waals surface area contributed by atoms with Crippen molar-refractivity contribution in [3.05, 3.63) is 33.7 Å². The van der Waals surface area contributed by atoms with Crippen molar-refractivity contribution in [1.29, 1.82) is 0 Å². The number of halogens is 1. The third kappa shape index (κ3) is 1.77. The van der Waals surface area contributed by atoms with Crippen LogP contribution in [0, 0.1) is 0 Å². The van der Waals surface area contributed by atoms with Crippen molar-refractivity contribution in [2.45, 2.75) is 38.1 Å². The van der Waals surface area contributed by atoms with Gasteiger partial charge in [0.2, 0.25) is 0 Å². The normalized spacial score (nSPS) is 17.4. The maximum atomic E-state index is 12.4. The summed E-state index contributed by atoms with van der Waals surface area (Å²) in [4.78, 5) is 12.4. The second-order valence-electron chi connectivity index (χ2n) is 5.14. The van der Waals surface area contributed by atoms with Gasteiger partial charge in [-0.25, -0.2) is 4.79 Å². The van der Waals surface area contributed by atoms with Gasteiger partial charge in [0, 0.05) is 18.1 Å². The average molecular weight is 265 g/mol. The first-order chi connectivity index (χ1) is 8.68. The van der Waals surface area contributed by atoms with E-state index in [1.807, 2.05) is 29.8 Å². The number of aromatic nitrogens is 2. The minimum atomic E-state index is 0.0826. The Morgan fingerprint density at radius 3 is 2.61 bits per heavy atom. The number of hydrogen-bond donors (Lipinski definition) is 0.